The first-order valence-electron chi connectivity index (χ1n) is 5.48. The molecule has 3 rings (SSSR count). The van der Waals surface area contributed by atoms with Gasteiger partial charge in [-0.15, -0.1) is 0 Å². The summed E-state index contributed by atoms with van der Waals surface area (Å²) in [5.41, 5.74) is -0.146. The van der Waals surface area contributed by atoms with Crippen LogP contribution in [0.5, 0.6) is 0 Å². The number of rotatable bonds is 1. The van der Waals surface area contributed by atoms with Crippen LogP contribution in [-0.4, -0.2) is 19.7 Å². The van der Waals surface area contributed by atoms with Gasteiger partial charge in [0, 0.05) is 0 Å². The van der Waals surface area contributed by atoms with Gasteiger partial charge in [-0.3, -0.25) is 0 Å². The number of hydrogen-bond acceptors (Lipinski definition) is 3. The van der Waals surface area contributed by atoms with Crippen LogP contribution in [0.4, 0.5) is 13.2 Å². The first kappa shape index (κ1) is 12.9. The fourth-order valence-corrected chi connectivity index (χ4v) is 2.00. The summed E-state index contributed by atoms with van der Waals surface area (Å²) in [6.07, 6.45) is -1.76. The smallest absolute Gasteiger partial charge is 0.224 e. The number of aromatic nitrogens is 4. The molecule has 0 atom stereocenters. The van der Waals surface area contributed by atoms with Gasteiger partial charge in [0.05, 0.1) is 22.8 Å². The number of hydrogen-bond donors (Lipinski definition) is 0. The normalized spacial score (nSPS) is 12.0. The zero-order valence-corrected chi connectivity index (χ0v) is 10.5. The van der Waals surface area contributed by atoms with Gasteiger partial charge in [-0.25, -0.2) is 14.6 Å². The lowest BCUT2D eigenvalue weighted by Gasteiger charge is -2.09. The second-order valence-electron chi connectivity index (χ2n) is 4.01. The Bertz CT molecular complexity index is 782. The van der Waals surface area contributed by atoms with E-state index >= 15 is 0 Å². The van der Waals surface area contributed by atoms with Crippen LogP contribution in [0, 0.1) is 0 Å². The van der Waals surface area contributed by atoms with Gasteiger partial charge in [0.15, 0.2) is 5.65 Å². The van der Waals surface area contributed by atoms with Crippen LogP contribution in [-0.2, 0) is 6.18 Å². The summed E-state index contributed by atoms with van der Waals surface area (Å²) in [7, 11) is 0. The van der Waals surface area contributed by atoms with Crippen LogP contribution >= 0.6 is 11.6 Å². The van der Waals surface area contributed by atoms with Gasteiger partial charge in [-0.1, -0.05) is 17.7 Å². The largest absolute Gasteiger partial charge is 0.416 e. The van der Waals surface area contributed by atoms with Crippen LogP contribution in [0.2, 0.25) is 5.15 Å². The Morgan fingerprint density at radius 2 is 1.95 bits per heavy atom. The lowest BCUT2D eigenvalue weighted by molar-refractivity contribution is -0.137. The monoisotopic (exact) mass is 298 g/mol. The standard InChI is InChI=1S/C12H6ClF3N4/c13-10-9-5-19-20(11(9)18-6-17-10)8-3-1-2-7(4-8)12(14,15)16/h1-6H. The molecule has 2 heterocycles. The van der Waals surface area contributed by atoms with Crippen molar-refractivity contribution >= 4 is 22.6 Å². The molecule has 3 aromatic rings. The summed E-state index contributed by atoms with van der Waals surface area (Å²) in [5.74, 6) is 0. The van der Waals surface area contributed by atoms with Crippen LogP contribution in [0.1, 0.15) is 5.56 Å². The highest BCUT2D eigenvalue weighted by atomic mass is 35.5. The molecule has 2 aromatic heterocycles. The molecule has 0 fully saturated rings. The first-order chi connectivity index (χ1) is 9.47. The molecule has 8 heteroatoms. The van der Waals surface area contributed by atoms with E-state index in [0.717, 1.165) is 12.1 Å². The third kappa shape index (κ3) is 2.09. The van der Waals surface area contributed by atoms with Gasteiger partial charge < -0.3 is 0 Å². The number of fused-ring (bicyclic) bond motifs is 1. The molecule has 20 heavy (non-hydrogen) atoms. The molecule has 0 N–H and O–H groups in total. The maximum absolute atomic E-state index is 12.7. The van der Waals surface area contributed by atoms with Gasteiger partial charge >= 0.3 is 6.18 Å². The maximum atomic E-state index is 12.7. The second kappa shape index (κ2) is 4.45. The molecular weight excluding hydrogens is 293 g/mol. The molecule has 0 aliphatic carbocycles. The summed E-state index contributed by atoms with van der Waals surface area (Å²) in [4.78, 5) is 7.79. The fourth-order valence-electron chi connectivity index (χ4n) is 1.82. The Morgan fingerprint density at radius 3 is 2.70 bits per heavy atom. The molecule has 0 radical (unpaired) electrons. The molecule has 4 nitrogen and oxygen atoms in total. The lowest BCUT2D eigenvalue weighted by atomic mass is 10.2. The summed E-state index contributed by atoms with van der Waals surface area (Å²) in [6.45, 7) is 0. The van der Waals surface area contributed by atoms with E-state index in [0.29, 0.717) is 11.0 Å². The maximum Gasteiger partial charge on any atom is 0.416 e. The average molecular weight is 299 g/mol. The van der Waals surface area contributed by atoms with Gasteiger partial charge in [-0.05, 0) is 18.2 Å². The van der Waals surface area contributed by atoms with E-state index in [1.165, 1.54) is 29.3 Å². The van der Waals surface area contributed by atoms with Crippen LogP contribution in [0.3, 0.4) is 0 Å². The highest BCUT2D eigenvalue weighted by Crippen LogP contribution is 2.31. The summed E-state index contributed by atoms with van der Waals surface area (Å²) in [5, 5.41) is 4.69. The summed E-state index contributed by atoms with van der Waals surface area (Å²) >= 11 is 5.88. The zero-order chi connectivity index (χ0) is 14.3. The quantitative estimate of drug-likeness (QED) is 0.646. The van der Waals surface area contributed by atoms with Crippen molar-refractivity contribution in [2.45, 2.75) is 6.18 Å². The van der Waals surface area contributed by atoms with Gasteiger partial charge in [0.1, 0.15) is 11.5 Å². The van der Waals surface area contributed by atoms with Gasteiger partial charge in [0.25, 0.3) is 0 Å². The van der Waals surface area contributed by atoms with E-state index in [1.807, 2.05) is 0 Å². The molecule has 0 saturated carbocycles. The number of alkyl halides is 3. The Labute approximate surface area is 115 Å². The number of benzene rings is 1. The zero-order valence-electron chi connectivity index (χ0n) is 9.76. The third-order valence-electron chi connectivity index (χ3n) is 2.74. The summed E-state index contributed by atoms with van der Waals surface area (Å²) < 4.78 is 39.4. The molecule has 0 saturated heterocycles. The minimum Gasteiger partial charge on any atom is -0.224 e. The molecule has 0 unspecified atom stereocenters. The molecule has 0 spiro atoms. The van der Waals surface area contributed by atoms with Crippen molar-refractivity contribution < 1.29 is 13.2 Å². The van der Waals surface area contributed by atoms with E-state index in [9.17, 15) is 13.2 Å². The van der Waals surface area contributed by atoms with Crippen molar-refractivity contribution in [2.75, 3.05) is 0 Å². The van der Waals surface area contributed by atoms with Crippen LogP contribution in [0.25, 0.3) is 16.7 Å². The first-order valence-corrected chi connectivity index (χ1v) is 5.86. The number of halogens is 4. The highest BCUT2D eigenvalue weighted by Gasteiger charge is 2.30. The third-order valence-corrected chi connectivity index (χ3v) is 3.04. The second-order valence-corrected chi connectivity index (χ2v) is 4.36. The van der Waals surface area contributed by atoms with Crippen LogP contribution < -0.4 is 0 Å². The van der Waals surface area contributed by atoms with E-state index < -0.39 is 11.7 Å². The Kier molecular flexibility index (Phi) is 2.86. The fraction of sp³-hybridized carbons (Fsp3) is 0.0833. The topological polar surface area (TPSA) is 43.6 Å². The molecular formula is C12H6ClF3N4. The van der Waals surface area contributed by atoms with Crippen molar-refractivity contribution in [1.82, 2.24) is 19.7 Å². The lowest BCUT2D eigenvalue weighted by Crippen LogP contribution is -2.06. The number of nitrogens with zero attached hydrogens (tertiary/aromatic N) is 4. The predicted molar refractivity (Wildman–Crippen MR) is 66.7 cm³/mol. The minimum absolute atomic E-state index is 0.202. The van der Waals surface area contributed by atoms with E-state index in [4.69, 9.17) is 11.6 Å². The Balaban J connectivity index is 2.19. The summed E-state index contributed by atoms with van der Waals surface area (Å²) in [6, 6.07) is 4.83. The Morgan fingerprint density at radius 1 is 1.15 bits per heavy atom. The highest BCUT2D eigenvalue weighted by molar-refractivity contribution is 6.33. The minimum atomic E-state index is -4.41. The van der Waals surface area contributed by atoms with Crippen molar-refractivity contribution in [3.63, 3.8) is 0 Å². The average Bonchev–Trinajstić information content (AvgIpc) is 2.83. The van der Waals surface area contributed by atoms with Gasteiger partial charge in [-0.2, -0.15) is 18.3 Å². The molecule has 0 aliphatic heterocycles. The van der Waals surface area contributed by atoms with Crippen molar-refractivity contribution in [1.29, 1.82) is 0 Å². The molecule has 0 amide bonds. The Hall–Kier alpha value is -2.15. The van der Waals surface area contributed by atoms with E-state index in [-0.39, 0.29) is 10.8 Å². The SMILES string of the molecule is FC(F)(F)c1cccc(-n2ncc3c(Cl)ncnc32)c1. The van der Waals surface area contributed by atoms with Crippen molar-refractivity contribution in [3.05, 3.63) is 47.5 Å². The van der Waals surface area contributed by atoms with Crippen molar-refractivity contribution in [2.24, 2.45) is 0 Å². The van der Waals surface area contributed by atoms with Crippen molar-refractivity contribution in [3.8, 4) is 5.69 Å². The molecule has 102 valence electrons. The van der Waals surface area contributed by atoms with Gasteiger partial charge in [0.2, 0.25) is 0 Å². The molecule has 0 bridgehead atoms. The van der Waals surface area contributed by atoms with E-state index in [1.54, 1.807) is 0 Å². The van der Waals surface area contributed by atoms with Crippen LogP contribution in [0.15, 0.2) is 36.8 Å². The predicted octanol–water partition coefficient (Wildman–Crippen LogP) is 3.49. The van der Waals surface area contributed by atoms with E-state index in [2.05, 4.69) is 15.1 Å². The molecule has 1 aromatic carbocycles. The molecule has 0 aliphatic rings.